The van der Waals surface area contributed by atoms with Crippen molar-refractivity contribution in [1.29, 1.82) is 0 Å². The molecule has 11 nitrogen and oxygen atoms in total. The van der Waals surface area contributed by atoms with Crippen LogP contribution in [-0.4, -0.2) is 68.2 Å². The van der Waals surface area contributed by atoms with E-state index in [0.29, 0.717) is 25.7 Å². The van der Waals surface area contributed by atoms with Crippen LogP contribution in [0.2, 0.25) is 0 Å². The van der Waals surface area contributed by atoms with Crippen molar-refractivity contribution < 1.29 is 28.6 Å². The van der Waals surface area contributed by atoms with E-state index in [9.17, 15) is 14.4 Å². The summed E-state index contributed by atoms with van der Waals surface area (Å²) in [5.41, 5.74) is 15.0. The highest BCUT2D eigenvalue weighted by Gasteiger charge is 2.44. The summed E-state index contributed by atoms with van der Waals surface area (Å²) in [6, 6.07) is 66.6. The summed E-state index contributed by atoms with van der Waals surface area (Å²) >= 11 is 0. The first kappa shape index (κ1) is 61.1. The summed E-state index contributed by atoms with van der Waals surface area (Å²) < 4.78 is 16.9. The van der Waals surface area contributed by atoms with Crippen LogP contribution >= 0.6 is 0 Å². The number of fused-ring (bicyclic) bond motifs is 3. The maximum Gasteiger partial charge on any atom is 0.246 e. The SMILES string of the molecule is CC(C)OCCc1ccc([C@@H](CN)C(=O)Nc2ccc3ccccc3c2)cc1.CC(C)OCc1ccc([C@@H]2C[C@H]2C(=O)Nc2ccc3ccccc3c2)cc1.CC(C)OCc1ccc([C@H](C(=O)Nc2ccc3ccccc3c2)N(C)C)cc1. The number of benzene rings is 9. The number of hydrogen-bond donors (Lipinski definition) is 4. The molecule has 1 aliphatic rings. The van der Waals surface area contributed by atoms with Crippen LogP contribution in [0.3, 0.4) is 0 Å². The Morgan fingerprint density at radius 1 is 0.482 bits per heavy atom. The lowest BCUT2D eigenvalue weighted by atomic mass is 9.96. The van der Waals surface area contributed by atoms with Gasteiger partial charge in [-0.15, -0.1) is 0 Å². The Hall–Kier alpha value is -8.03. The summed E-state index contributed by atoms with van der Waals surface area (Å²) in [7, 11) is 3.83. The minimum Gasteiger partial charge on any atom is -0.378 e. The molecule has 1 aliphatic carbocycles. The lowest BCUT2D eigenvalue weighted by Gasteiger charge is -2.24. The first-order chi connectivity index (χ1) is 40.1. The Bertz CT molecular complexity index is 3540. The molecule has 9 aromatic carbocycles. The predicted molar refractivity (Wildman–Crippen MR) is 341 cm³/mol. The molecule has 10 rings (SSSR count). The first-order valence-corrected chi connectivity index (χ1v) is 29.0. The Kier molecular flexibility index (Phi) is 21.9. The molecular weight excluding hydrogens is 1030 g/mol. The fraction of sp³-hybridized carbons (Fsp3) is 0.292. The molecule has 11 heteroatoms. The third-order valence-electron chi connectivity index (χ3n) is 14.6. The van der Waals surface area contributed by atoms with Crippen molar-refractivity contribution in [2.45, 2.75) is 104 Å². The second-order valence-corrected chi connectivity index (χ2v) is 22.4. The quantitative estimate of drug-likeness (QED) is 0.0557. The molecule has 1 saturated carbocycles. The maximum absolute atomic E-state index is 13.0. The van der Waals surface area contributed by atoms with Crippen LogP contribution in [0, 0.1) is 5.92 Å². The molecule has 4 atom stereocenters. The summed E-state index contributed by atoms with van der Waals surface area (Å²) in [6.45, 7) is 14.3. The minimum atomic E-state index is -0.382. The fourth-order valence-corrected chi connectivity index (χ4v) is 9.92. The molecule has 0 unspecified atom stereocenters. The largest absolute Gasteiger partial charge is 0.378 e. The van der Waals surface area contributed by atoms with E-state index in [1.165, 1.54) is 22.1 Å². The molecule has 0 aliphatic heterocycles. The number of anilines is 3. The van der Waals surface area contributed by atoms with Crippen LogP contribution in [0.5, 0.6) is 0 Å². The molecule has 9 aromatic rings. The summed E-state index contributed by atoms with van der Waals surface area (Å²) in [5, 5.41) is 16.0. The van der Waals surface area contributed by atoms with Crippen molar-refractivity contribution >= 4 is 67.1 Å². The molecule has 1 fully saturated rings. The maximum atomic E-state index is 13.0. The number of nitrogens with zero attached hydrogens (tertiary/aromatic N) is 1. The molecule has 0 radical (unpaired) electrons. The minimum absolute atomic E-state index is 0.0496. The fourth-order valence-electron chi connectivity index (χ4n) is 9.92. The van der Waals surface area contributed by atoms with E-state index in [1.54, 1.807) is 0 Å². The molecular formula is C72H81N5O6. The standard InChI is InChI=1S/2C24H28N2O2.C24H25NO2/c1-17(2)28-16-18-9-11-20(12-10-18)23(26(3)4)24(27)25-22-14-13-19-7-5-6-8-21(19)15-22;1-17(2)28-14-13-18-7-9-20(10-8-18)23(16-25)24(27)26-22-12-11-19-5-3-4-6-21(19)15-22;1-16(2)27-15-17-7-9-19(10-8-17)22-14-23(22)24(26)25-21-12-11-18-5-3-4-6-20(18)13-21/h5-15,17,23H,16H2,1-4H3,(H,25,27);3-12,15,17,23H,13-14,16,25H2,1-2H3,(H,26,27);3-13,16,22-23H,14-15H2,1-2H3,(H,25,26)/t2*23-;22-,23+/m110/s1. The zero-order valence-corrected chi connectivity index (χ0v) is 49.3. The topological polar surface area (TPSA) is 144 Å². The van der Waals surface area contributed by atoms with Crippen molar-refractivity contribution in [2.24, 2.45) is 11.7 Å². The lowest BCUT2D eigenvalue weighted by molar-refractivity contribution is -0.120. The van der Waals surface area contributed by atoms with Gasteiger partial charge in [0.2, 0.25) is 17.7 Å². The Labute approximate surface area is 490 Å². The predicted octanol–water partition coefficient (Wildman–Crippen LogP) is 15.0. The van der Waals surface area contributed by atoms with Gasteiger partial charge < -0.3 is 35.9 Å². The average molecular weight is 1110 g/mol. The monoisotopic (exact) mass is 1110 g/mol. The molecule has 0 aromatic heterocycles. The van der Waals surface area contributed by atoms with Gasteiger partial charge in [-0.3, -0.25) is 19.3 Å². The first-order valence-electron chi connectivity index (χ1n) is 29.0. The van der Waals surface area contributed by atoms with Gasteiger partial charge in [0.05, 0.1) is 44.1 Å². The third-order valence-corrected chi connectivity index (χ3v) is 14.6. The van der Waals surface area contributed by atoms with E-state index in [1.807, 2.05) is 212 Å². The highest BCUT2D eigenvalue weighted by atomic mass is 16.5. The van der Waals surface area contributed by atoms with E-state index in [0.717, 1.165) is 73.5 Å². The van der Waals surface area contributed by atoms with Crippen molar-refractivity contribution in [3.05, 3.63) is 234 Å². The number of rotatable bonds is 21. The molecule has 0 spiro atoms. The summed E-state index contributed by atoms with van der Waals surface area (Å²) in [4.78, 5) is 40.3. The van der Waals surface area contributed by atoms with Gasteiger partial charge in [-0.25, -0.2) is 0 Å². The normalized spacial score (nSPS) is 14.4. The van der Waals surface area contributed by atoms with Crippen molar-refractivity contribution in [2.75, 3.05) is 43.2 Å². The number of nitrogens with two attached hydrogens (primary N) is 1. The van der Waals surface area contributed by atoms with Gasteiger partial charge in [-0.1, -0.05) is 164 Å². The molecule has 0 saturated heterocycles. The summed E-state index contributed by atoms with van der Waals surface area (Å²) in [5.74, 6) is -0.0187. The van der Waals surface area contributed by atoms with Crippen molar-refractivity contribution in [1.82, 2.24) is 4.90 Å². The highest BCUT2D eigenvalue weighted by Crippen LogP contribution is 2.48. The van der Waals surface area contributed by atoms with Gasteiger partial charge in [-0.2, -0.15) is 0 Å². The van der Waals surface area contributed by atoms with Gasteiger partial charge in [-0.05, 0) is 176 Å². The van der Waals surface area contributed by atoms with Crippen LogP contribution < -0.4 is 21.7 Å². The molecule has 5 N–H and O–H groups in total. The number of likely N-dealkylation sites (N-methyl/N-ethyl adjacent to an activating group) is 1. The highest BCUT2D eigenvalue weighted by molar-refractivity contribution is 6.00. The Morgan fingerprint density at radius 3 is 1.34 bits per heavy atom. The molecule has 430 valence electrons. The van der Waals surface area contributed by atoms with Crippen LogP contribution in [0.1, 0.15) is 99.2 Å². The van der Waals surface area contributed by atoms with E-state index in [2.05, 4.69) is 64.5 Å². The number of nitrogens with one attached hydrogen (secondary N) is 3. The van der Waals surface area contributed by atoms with E-state index < -0.39 is 0 Å². The second kappa shape index (κ2) is 29.8. The number of amides is 3. The van der Waals surface area contributed by atoms with Gasteiger partial charge in [0.25, 0.3) is 0 Å². The van der Waals surface area contributed by atoms with Crippen LogP contribution in [-0.2, 0) is 48.2 Å². The van der Waals surface area contributed by atoms with Crippen LogP contribution in [0.15, 0.2) is 200 Å². The molecule has 0 bridgehead atoms. The van der Waals surface area contributed by atoms with Gasteiger partial charge in [0, 0.05) is 29.5 Å². The van der Waals surface area contributed by atoms with Gasteiger partial charge in [0.15, 0.2) is 0 Å². The van der Waals surface area contributed by atoms with Crippen molar-refractivity contribution in [3.8, 4) is 0 Å². The van der Waals surface area contributed by atoms with Gasteiger partial charge >= 0.3 is 0 Å². The van der Waals surface area contributed by atoms with E-state index in [4.69, 9.17) is 19.9 Å². The Balaban J connectivity index is 0.000000163. The Morgan fingerprint density at radius 2 is 0.892 bits per heavy atom. The summed E-state index contributed by atoms with van der Waals surface area (Å²) in [6.07, 6.45) is 2.44. The number of ether oxygens (including phenoxy) is 3. The van der Waals surface area contributed by atoms with Crippen molar-refractivity contribution in [3.63, 3.8) is 0 Å². The zero-order chi connectivity index (χ0) is 58.8. The van der Waals surface area contributed by atoms with E-state index in [-0.39, 0.29) is 60.5 Å². The van der Waals surface area contributed by atoms with Gasteiger partial charge in [0.1, 0.15) is 6.04 Å². The third kappa shape index (κ3) is 18.0. The van der Waals surface area contributed by atoms with Crippen LogP contribution in [0.25, 0.3) is 32.3 Å². The number of carbonyl (C=O) groups is 3. The number of hydrogen-bond acceptors (Lipinski definition) is 8. The lowest BCUT2D eigenvalue weighted by Crippen LogP contribution is -2.32. The smallest absolute Gasteiger partial charge is 0.246 e. The molecule has 0 heterocycles. The average Bonchev–Trinajstić information content (AvgIpc) is 4.19. The molecule has 83 heavy (non-hydrogen) atoms. The van der Waals surface area contributed by atoms with E-state index >= 15 is 0 Å². The second-order valence-electron chi connectivity index (χ2n) is 22.4. The zero-order valence-electron chi connectivity index (χ0n) is 49.3. The molecule has 3 amide bonds. The van der Waals surface area contributed by atoms with Crippen LogP contribution in [0.4, 0.5) is 17.1 Å². The number of carbonyl (C=O) groups excluding carboxylic acids is 3.